The molecular formula is C21H22N8O5. The number of rotatable bonds is 4. The molecule has 2 amide bonds. The Morgan fingerprint density at radius 3 is 2.76 bits per heavy atom. The molecule has 13 heteroatoms. The molecular weight excluding hydrogens is 444 g/mol. The number of pyridine rings is 1. The molecule has 0 aliphatic carbocycles. The van der Waals surface area contributed by atoms with Crippen LogP contribution in [0.3, 0.4) is 0 Å². The lowest BCUT2D eigenvalue weighted by molar-refractivity contribution is -0.137. The summed E-state index contributed by atoms with van der Waals surface area (Å²) in [6, 6.07) is 5.04. The minimum Gasteiger partial charge on any atom is -0.387 e. The number of carbonyl (C=O) groups excluding carboxylic acids is 2. The van der Waals surface area contributed by atoms with Crippen molar-refractivity contribution < 1.29 is 24.5 Å². The number of aliphatic hydroxyl groups excluding tert-OH is 2. The van der Waals surface area contributed by atoms with Gasteiger partial charge < -0.3 is 30.9 Å². The van der Waals surface area contributed by atoms with Gasteiger partial charge in [-0.25, -0.2) is 15.0 Å². The summed E-state index contributed by atoms with van der Waals surface area (Å²) >= 11 is 0. The third-order valence-corrected chi connectivity index (χ3v) is 5.21. The van der Waals surface area contributed by atoms with Crippen molar-refractivity contribution in [3.63, 3.8) is 0 Å². The van der Waals surface area contributed by atoms with Gasteiger partial charge in [0.2, 0.25) is 5.82 Å². The van der Waals surface area contributed by atoms with Crippen molar-refractivity contribution in [3.8, 4) is 11.8 Å². The average Bonchev–Trinajstić information content (AvgIpc) is 3.39. The van der Waals surface area contributed by atoms with Crippen LogP contribution in [0.1, 0.15) is 22.5 Å². The largest absolute Gasteiger partial charge is 0.387 e. The summed E-state index contributed by atoms with van der Waals surface area (Å²) in [5, 5.41) is 23.0. The quantitative estimate of drug-likeness (QED) is 0.323. The SMILES string of the molecule is CNC(=O)[C@H]1O[C@@H](n2cnc3c(N)nc(C#CCN(C)C(=O)c4ccccn4)nc32)C(O)[C@@H]1O. The fourth-order valence-electron chi connectivity index (χ4n) is 3.42. The van der Waals surface area contributed by atoms with Crippen molar-refractivity contribution in [1.29, 1.82) is 0 Å². The van der Waals surface area contributed by atoms with Crippen LogP contribution in [0.2, 0.25) is 0 Å². The van der Waals surface area contributed by atoms with Gasteiger partial charge >= 0.3 is 0 Å². The van der Waals surface area contributed by atoms with Gasteiger partial charge in [-0.2, -0.15) is 0 Å². The second-order valence-electron chi connectivity index (χ2n) is 7.48. The number of amides is 2. The molecule has 4 heterocycles. The molecule has 1 fully saturated rings. The zero-order valence-electron chi connectivity index (χ0n) is 18.3. The minimum atomic E-state index is -1.45. The maximum atomic E-state index is 12.4. The standard InChI is InChI=1S/C21H22N8O5/c1-23-19(32)16-14(30)15(31)21(34-16)29-10-25-13-17(22)26-12(27-18(13)29)7-5-9-28(2)20(33)11-6-3-4-8-24-11/h3-4,6,8,10,14-16,21,30-31H,9H2,1-2H3,(H,23,32)(H2,22,26,27)/t14-,15?,16-,21+/m0/s1. The number of nitrogens with one attached hydrogen (secondary N) is 1. The Balaban J connectivity index is 1.57. The summed E-state index contributed by atoms with van der Waals surface area (Å²) in [7, 11) is 2.98. The van der Waals surface area contributed by atoms with Crippen molar-refractivity contribution in [3.05, 3.63) is 42.2 Å². The van der Waals surface area contributed by atoms with Crippen LogP contribution in [0.15, 0.2) is 30.7 Å². The molecule has 0 saturated carbocycles. The predicted molar refractivity (Wildman–Crippen MR) is 118 cm³/mol. The first kappa shape index (κ1) is 23.1. The number of hydrogen-bond donors (Lipinski definition) is 4. The van der Waals surface area contributed by atoms with Crippen LogP contribution in [0.5, 0.6) is 0 Å². The van der Waals surface area contributed by atoms with Crippen LogP contribution in [0, 0.1) is 11.8 Å². The van der Waals surface area contributed by atoms with Gasteiger partial charge in [0.1, 0.15) is 23.4 Å². The van der Waals surface area contributed by atoms with Gasteiger partial charge in [-0.15, -0.1) is 0 Å². The molecule has 3 aromatic rings. The Morgan fingerprint density at radius 2 is 2.06 bits per heavy atom. The summed E-state index contributed by atoms with van der Waals surface area (Å²) in [6.07, 6.45) is -2.43. The van der Waals surface area contributed by atoms with Gasteiger partial charge in [-0.1, -0.05) is 12.0 Å². The lowest BCUT2D eigenvalue weighted by Gasteiger charge is -2.16. The van der Waals surface area contributed by atoms with E-state index in [0.29, 0.717) is 5.69 Å². The maximum absolute atomic E-state index is 12.4. The molecule has 176 valence electrons. The number of nitrogens with zero attached hydrogens (tertiary/aromatic N) is 6. The van der Waals surface area contributed by atoms with Crippen LogP contribution in [0.25, 0.3) is 11.2 Å². The highest BCUT2D eigenvalue weighted by molar-refractivity contribution is 5.92. The molecule has 0 spiro atoms. The van der Waals surface area contributed by atoms with Gasteiger partial charge in [0.15, 0.2) is 23.8 Å². The molecule has 5 N–H and O–H groups in total. The van der Waals surface area contributed by atoms with Crippen molar-refractivity contribution in [2.75, 3.05) is 26.4 Å². The predicted octanol–water partition coefficient (Wildman–Crippen LogP) is -1.71. The number of aromatic nitrogens is 5. The third-order valence-electron chi connectivity index (χ3n) is 5.21. The van der Waals surface area contributed by atoms with E-state index in [1.54, 1.807) is 25.2 Å². The molecule has 3 aromatic heterocycles. The highest BCUT2D eigenvalue weighted by Gasteiger charge is 2.47. The summed E-state index contributed by atoms with van der Waals surface area (Å²) in [5.74, 6) is 4.80. The monoisotopic (exact) mass is 466 g/mol. The van der Waals surface area contributed by atoms with E-state index in [-0.39, 0.29) is 35.3 Å². The normalized spacial score (nSPS) is 21.6. The lowest BCUT2D eigenvalue weighted by atomic mass is 10.1. The van der Waals surface area contributed by atoms with Gasteiger partial charge in [0.25, 0.3) is 11.8 Å². The minimum absolute atomic E-state index is 0.0434. The second kappa shape index (κ2) is 9.40. The van der Waals surface area contributed by atoms with E-state index in [1.807, 2.05) is 0 Å². The second-order valence-corrected chi connectivity index (χ2v) is 7.48. The van der Waals surface area contributed by atoms with Crippen molar-refractivity contribution in [1.82, 2.24) is 34.7 Å². The Morgan fingerprint density at radius 1 is 1.26 bits per heavy atom. The molecule has 13 nitrogen and oxygen atoms in total. The number of likely N-dealkylation sites (N-methyl/N-ethyl adjacent to an activating group) is 1. The molecule has 34 heavy (non-hydrogen) atoms. The van der Waals surface area contributed by atoms with E-state index in [4.69, 9.17) is 10.5 Å². The maximum Gasteiger partial charge on any atom is 0.272 e. The molecule has 1 aliphatic rings. The first-order valence-corrected chi connectivity index (χ1v) is 10.2. The summed E-state index contributed by atoms with van der Waals surface area (Å²) < 4.78 is 6.93. The highest BCUT2D eigenvalue weighted by atomic mass is 16.6. The molecule has 1 unspecified atom stereocenters. The molecule has 4 atom stereocenters. The average molecular weight is 466 g/mol. The van der Waals surface area contributed by atoms with Crippen LogP contribution in [-0.2, 0) is 9.53 Å². The van der Waals surface area contributed by atoms with Gasteiger partial charge in [0.05, 0.1) is 12.9 Å². The fraction of sp³-hybridized carbons (Fsp3) is 0.333. The van der Waals surface area contributed by atoms with Gasteiger partial charge in [-0.3, -0.25) is 19.1 Å². The van der Waals surface area contributed by atoms with Crippen molar-refractivity contribution in [2.45, 2.75) is 24.5 Å². The Hall–Kier alpha value is -4.12. The van der Waals surface area contributed by atoms with Gasteiger partial charge in [0, 0.05) is 20.3 Å². The van der Waals surface area contributed by atoms with E-state index in [9.17, 15) is 19.8 Å². The first-order chi connectivity index (χ1) is 16.3. The number of nitrogens with two attached hydrogens (primary N) is 1. The van der Waals surface area contributed by atoms with Crippen LogP contribution in [0.4, 0.5) is 5.82 Å². The first-order valence-electron chi connectivity index (χ1n) is 10.2. The van der Waals surface area contributed by atoms with Crippen LogP contribution >= 0.6 is 0 Å². The van der Waals surface area contributed by atoms with E-state index in [2.05, 4.69) is 37.1 Å². The fourth-order valence-corrected chi connectivity index (χ4v) is 3.42. The molecule has 1 aliphatic heterocycles. The number of hydrogen-bond acceptors (Lipinski definition) is 10. The Bertz CT molecular complexity index is 1280. The number of aliphatic hydroxyl groups is 2. The van der Waals surface area contributed by atoms with E-state index < -0.39 is 30.4 Å². The summed E-state index contributed by atoms with van der Waals surface area (Å²) in [5.41, 5.74) is 6.73. The lowest BCUT2D eigenvalue weighted by Crippen LogP contribution is -2.41. The topological polar surface area (TPSA) is 182 Å². The van der Waals surface area contributed by atoms with Crippen LogP contribution in [-0.4, -0.2) is 90.4 Å². The number of imidazole rings is 1. The van der Waals surface area contributed by atoms with Crippen molar-refractivity contribution >= 4 is 28.8 Å². The number of ether oxygens (including phenoxy) is 1. The number of nitrogen functional groups attached to an aromatic ring is 1. The van der Waals surface area contributed by atoms with E-state index in [1.165, 1.54) is 29.0 Å². The Labute approximate surface area is 193 Å². The summed E-state index contributed by atoms with van der Waals surface area (Å²) in [4.78, 5) is 42.3. The molecule has 0 aromatic carbocycles. The van der Waals surface area contributed by atoms with Gasteiger partial charge in [-0.05, 0) is 18.1 Å². The zero-order chi connectivity index (χ0) is 24.4. The molecule has 0 bridgehead atoms. The molecule has 4 rings (SSSR count). The molecule has 1 saturated heterocycles. The highest BCUT2D eigenvalue weighted by Crippen LogP contribution is 2.32. The zero-order valence-corrected chi connectivity index (χ0v) is 18.3. The number of fused-ring (bicyclic) bond motifs is 1. The van der Waals surface area contributed by atoms with E-state index >= 15 is 0 Å². The smallest absolute Gasteiger partial charge is 0.272 e. The van der Waals surface area contributed by atoms with Crippen LogP contribution < -0.4 is 11.1 Å². The number of anilines is 1. The van der Waals surface area contributed by atoms with Crippen molar-refractivity contribution in [2.24, 2.45) is 0 Å². The van der Waals surface area contributed by atoms with E-state index in [0.717, 1.165) is 0 Å². The summed E-state index contributed by atoms with van der Waals surface area (Å²) in [6.45, 7) is 0.0838. The Kier molecular flexibility index (Phi) is 6.37. The third kappa shape index (κ3) is 4.25. The molecule has 0 radical (unpaired) electrons. The number of carbonyl (C=O) groups is 2.